The Balaban J connectivity index is 0.00000225. The van der Waals surface area contributed by atoms with E-state index in [4.69, 9.17) is 5.73 Å². The molecule has 0 aliphatic carbocycles. The van der Waals surface area contributed by atoms with Crippen LogP contribution in [0.3, 0.4) is 0 Å². The average Bonchev–Trinajstić information content (AvgIpc) is 2.63. The number of carbonyl (C=O) groups excluding carboxylic acids is 2. The second-order valence-electron chi connectivity index (χ2n) is 5.50. The minimum Gasteiger partial charge on any atom is -0.365 e. The van der Waals surface area contributed by atoms with Gasteiger partial charge in [0.1, 0.15) is 5.56 Å². The van der Waals surface area contributed by atoms with Crippen LogP contribution in [0.25, 0.3) is 11.1 Å². The van der Waals surface area contributed by atoms with Crippen LogP contribution in [0.2, 0.25) is 0 Å². The molecule has 3 rings (SSSR count). The molecule has 1 aromatic heterocycles. The number of hydrogen-bond acceptors (Lipinski definition) is 2. The van der Waals surface area contributed by atoms with E-state index in [0.717, 1.165) is 11.1 Å². The van der Waals surface area contributed by atoms with Gasteiger partial charge in [0, 0.05) is 11.6 Å². The molecule has 25 heavy (non-hydrogen) atoms. The number of aromatic nitrogens is 1. The highest BCUT2D eigenvalue weighted by molar-refractivity contribution is 8.93. The van der Waals surface area contributed by atoms with Gasteiger partial charge in [-0.1, -0.05) is 54.6 Å². The van der Waals surface area contributed by atoms with Crippen LogP contribution in [0.15, 0.2) is 79.1 Å². The van der Waals surface area contributed by atoms with Gasteiger partial charge in [0.2, 0.25) is 12.3 Å². The SMILES string of the molecule is Br.NC(=O)c1ccc[n+](CC(=O)c2ccc(-c3ccccc3)cc2)c1. The van der Waals surface area contributed by atoms with Gasteiger partial charge in [-0.2, -0.15) is 4.57 Å². The zero-order chi connectivity index (χ0) is 16.9. The molecule has 0 atom stereocenters. The zero-order valence-corrected chi connectivity index (χ0v) is 15.2. The molecule has 0 unspecified atom stereocenters. The van der Waals surface area contributed by atoms with Crippen molar-refractivity contribution in [1.29, 1.82) is 0 Å². The topological polar surface area (TPSA) is 64.0 Å². The van der Waals surface area contributed by atoms with Crippen molar-refractivity contribution in [2.24, 2.45) is 5.73 Å². The first-order chi connectivity index (χ1) is 11.6. The Kier molecular flexibility index (Phi) is 6.19. The van der Waals surface area contributed by atoms with E-state index in [1.165, 1.54) is 0 Å². The van der Waals surface area contributed by atoms with E-state index in [0.29, 0.717) is 11.1 Å². The van der Waals surface area contributed by atoms with Gasteiger partial charge in [0.25, 0.3) is 5.91 Å². The van der Waals surface area contributed by atoms with Gasteiger partial charge in [-0.25, -0.2) is 0 Å². The number of Topliss-reactive ketones (excluding diaryl/α,β-unsaturated/α-hetero) is 1. The summed E-state index contributed by atoms with van der Waals surface area (Å²) in [5.41, 5.74) is 8.45. The molecular formula is C20H18BrN2O2+. The third-order valence-electron chi connectivity index (χ3n) is 3.78. The van der Waals surface area contributed by atoms with Crippen molar-refractivity contribution in [3.8, 4) is 11.1 Å². The maximum atomic E-state index is 12.4. The summed E-state index contributed by atoms with van der Waals surface area (Å²) in [5.74, 6) is -0.537. The molecule has 4 nitrogen and oxygen atoms in total. The lowest BCUT2D eigenvalue weighted by molar-refractivity contribution is -0.683. The normalized spacial score (nSPS) is 9.92. The van der Waals surface area contributed by atoms with Crippen LogP contribution in [-0.4, -0.2) is 11.7 Å². The molecule has 1 heterocycles. The first-order valence-corrected chi connectivity index (χ1v) is 7.61. The highest BCUT2D eigenvalue weighted by Crippen LogP contribution is 2.19. The van der Waals surface area contributed by atoms with Gasteiger partial charge in [-0.3, -0.25) is 9.59 Å². The zero-order valence-electron chi connectivity index (χ0n) is 13.5. The van der Waals surface area contributed by atoms with Crippen molar-refractivity contribution in [2.75, 3.05) is 0 Å². The first-order valence-electron chi connectivity index (χ1n) is 7.61. The summed E-state index contributed by atoms with van der Waals surface area (Å²) in [6.07, 6.45) is 3.32. The van der Waals surface area contributed by atoms with E-state index in [-0.39, 0.29) is 29.3 Å². The summed E-state index contributed by atoms with van der Waals surface area (Å²) >= 11 is 0. The summed E-state index contributed by atoms with van der Waals surface area (Å²) in [5, 5.41) is 0. The van der Waals surface area contributed by atoms with Crippen molar-refractivity contribution in [3.05, 3.63) is 90.3 Å². The number of ketones is 1. The van der Waals surface area contributed by atoms with Crippen LogP contribution in [0.1, 0.15) is 20.7 Å². The maximum absolute atomic E-state index is 12.4. The standard InChI is InChI=1S/C20H16N2O2.BrH/c21-20(24)18-7-4-12-22(13-18)14-19(23)17-10-8-16(9-11-17)15-5-2-1-3-6-15;/h1-13H,14H2,(H-,21,24);1H/p+1. The first kappa shape index (κ1) is 18.5. The molecule has 0 spiro atoms. The van der Waals surface area contributed by atoms with E-state index in [1.54, 1.807) is 29.1 Å². The third-order valence-corrected chi connectivity index (χ3v) is 3.78. The summed E-state index contributed by atoms with van der Waals surface area (Å²) in [6, 6.07) is 20.8. The van der Waals surface area contributed by atoms with Crippen LogP contribution in [0, 0.1) is 0 Å². The smallest absolute Gasteiger partial charge is 0.254 e. The molecule has 0 aliphatic rings. The Morgan fingerprint density at radius 1 is 0.800 bits per heavy atom. The molecule has 0 saturated carbocycles. The molecule has 0 radical (unpaired) electrons. The second kappa shape index (κ2) is 8.35. The molecule has 5 heteroatoms. The minimum atomic E-state index is -0.510. The van der Waals surface area contributed by atoms with Crippen molar-refractivity contribution < 1.29 is 14.2 Å². The van der Waals surface area contributed by atoms with Crippen molar-refractivity contribution in [1.82, 2.24) is 0 Å². The summed E-state index contributed by atoms with van der Waals surface area (Å²) < 4.78 is 1.66. The molecule has 1 amide bonds. The number of benzene rings is 2. The highest BCUT2D eigenvalue weighted by atomic mass is 79.9. The van der Waals surface area contributed by atoms with Crippen molar-refractivity contribution in [2.45, 2.75) is 6.54 Å². The van der Waals surface area contributed by atoms with Crippen LogP contribution in [0.5, 0.6) is 0 Å². The average molecular weight is 398 g/mol. The van der Waals surface area contributed by atoms with Gasteiger partial charge in [-0.05, 0) is 17.2 Å². The molecule has 0 saturated heterocycles. The molecule has 2 aromatic carbocycles. The Bertz CT molecular complexity index is 878. The maximum Gasteiger partial charge on any atom is 0.254 e. The Morgan fingerprint density at radius 2 is 1.44 bits per heavy atom. The quantitative estimate of drug-likeness (QED) is 0.530. The number of nitrogens with two attached hydrogens (primary N) is 1. The molecule has 0 bridgehead atoms. The summed E-state index contributed by atoms with van der Waals surface area (Å²) in [6.45, 7) is 0.159. The van der Waals surface area contributed by atoms with Gasteiger partial charge < -0.3 is 5.73 Å². The second-order valence-corrected chi connectivity index (χ2v) is 5.50. The number of rotatable bonds is 5. The van der Waals surface area contributed by atoms with Gasteiger partial charge >= 0.3 is 0 Å². The predicted octanol–water partition coefficient (Wildman–Crippen LogP) is 3.20. The summed E-state index contributed by atoms with van der Waals surface area (Å²) in [4.78, 5) is 23.6. The number of amides is 1. The van der Waals surface area contributed by atoms with E-state index in [9.17, 15) is 9.59 Å². The molecule has 2 N–H and O–H groups in total. The van der Waals surface area contributed by atoms with Crippen LogP contribution >= 0.6 is 17.0 Å². The van der Waals surface area contributed by atoms with E-state index in [2.05, 4.69) is 0 Å². The van der Waals surface area contributed by atoms with E-state index >= 15 is 0 Å². The van der Waals surface area contributed by atoms with Crippen LogP contribution < -0.4 is 10.3 Å². The van der Waals surface area contributed by atoms with Crippen molar-refractivity contribution in [3.63, 3.8) is 0 Å². The number of nitrogens with zero attached hydrogens (tertiary/aromatic N) is 1. The van der Waals surface area contributed by atoms with Crippen LogP contribution in [0.4, 0.5) is 0 Å². The monoisotopic (exact) mass is 397 g/mol. The largest absolute Gasteiger partial charge is 0.365 e. The Morgan fingerprint density at radius 3 is 2.08 bits per heavy atom. The number of primary amides is 1. The fourth-order valence-electron chi connectivity index (χ4n) is 2.50. The van der Waals surface area contributed by atoms with E-state index < -0.39 is 5.91 Å². The number of halogens is 1. The van der Waals surface area contributed by atoms with E-state index in [1.807, 2.05) is 54.6 Å². The fourth-order valence-corrected chi connectivity index (χ4v) is 2.50. The lowest BCUT2D eigenvalue weighted by Gasteiger charge is -2.03. The molecule has 3 aromatic rings. The number of carbonyl (C=O) groups is 2. The van der Waals surface area contributed by atoms with Crippen LogP contribution in [-0.2, 0) is 6.54 Å². The molecule has 126 valence electrons. The minimum absolute atomic E-state index is 0. The summed E-state index contributed by atoms with van der Waals surface area (Å²) in [7, 11) is 0. The third kappa shape index (κ3) is 4.61. The molecule has 0 aliphatic heterocycles. The van der Waals surface area contributed by atoms with Gasteiger partial charge in [0.05, 0.1) is 0 Å². The number of pyridine rings is 1. The lowest BCUT2D eigenvalue weighted by Crippen LogP contribution is -2.38. The Hall–Kier alpha value is -2.79. The molecule has 0 fully saturated rings. The van der Waals surface area contributed by atoms with Gasteiger partial charge in [0.15, 0.2) is 12.4 Å². The van der Waals surface area contributed by atoms with Gasteiger partial charge in [-0.15, -0.1) is 17.0 Å². The predicted molar refractivity (Wildman–Crippen MR) is 102 cm³/mol. The lowest BCUT2D eigenvalue weighted by atomic mass is 10.0. The highest BCUT2D eigenvalue weighted by Gasteiger charge is 2.14. The van der Waals surface area contributed by atoms with Crippen molar-refractivity contribution >= 4 is 28.7 Å². The fraction of sp³-hybridized carbons (Fsp3) is 0.0500. The number of hydrogen-bond donors (Lipinski definition) is 1. The Labute approximate surface area is 156 Å². The molecular weight excluding hydrogens is 380 g/mol.